The van der Waals surface area contributed by atoms with E-state index in [2.05, 4.69) is 0 Å². The lowest BCUT2D eigenvalue weighted by Gasteiger charge is -2.14. The number of aliphatic hydroxyl groups excluding tert-OH is 1. The first-order valence-corrected chi connectivity index (χ1v) is 5.22. The molecule has 90 valence electrons. The number of hydrogen-bond donors (Lipinski definition) is 1. The lowest BCUT2D eigenvalue weighted by atomic mass is 10.0. The summed E-state index contributed by atoms with van der Waals surface area (Å²) in [6.45, 7) is 4.02. The standard InChI is InChI=1S/C13H15NO3/c1-9(2)12-6-10(16-3)4-5-13(12)17-11(7-14)8-15/h4-6,8-9,15H,1-3H3/b11-8-. The molecular formula is C13H15NO3. The van der Waals surface area contributed by atoms with Gasteiger partial charge < -0.3 is 14.6 Å². The number of methoxy groups -OCH3 is 1. The summed E-state index contributed by atoms with van der Waals surface area (Å²) in [4.78, 5) is 0. The largest absolute Gasteiger partial charge is 0.511 e. The van der Waals surface area contributed by atoms with Crippen LogP contribution in [0.4, 0.5) is 0 Å². The molecule has 1 N–H and O–H groups in total. The van der Waals surface area contributed by atoms with Gasteiger partial charge in [0.2, 0.25) is 5.76 Å². The van der Waals surface area contributed by atoms with Crippen LogP contribution in [0.5, 0.6) is 11.5 Å². The minimum atomic E-state index is -0.142. The van der Waals surface area contributed by atoms with Gasteiger partial charge in [-0.3, -0.25) is 0 Å². The predicted molar refractivity (Wildman–Crippen MR) is 64.0 cm³/mol. The molecule has 1 aromatic rings. The first-order chi connectivity index (χ1) is 8.12. The van der Waals surface area contributed by atoms with Crippen molar-refractivity contribution in [2.75, 3.05) is 7.11 Å². The second-order valence-electron chi connectivity index (χ2n) is 3.77. The molecule has 0 aliphatic rings. The molecule has 0 saturated carbocycles. The van der Waals surface area contributed by atoms with Crippen LogP contribution in [-0.2, 0) is 0 Å². The highest BCUT2D eigenvalue weighted by Crippen LogP contribution is 2.31. The number of benzene rings is 1. The molecule has 0 atom stereocenters. The van der Waals surface area contributed by atoms with Crippen LogP contribution < -0.4 is 9.47 Å². The van der Waals surface area contributed by atoms with E-state index >= 15 is 0 Å². The Morgan fingerprint density at radius 1 is 1.47 bits per heavy atom. The van der Waals surface area contributed by atoms with E-state index in [0.717, 1.165) is 11.3 Å². The van der Waals surface area contributed by atoms with Gasteiger partial charge in [0.15, 0.2) is 0 Å². The Hall–Kier alpha value is -2.15. The van der Waals surface area contributed by atoms with Gasteiger partial charge in [-0.1, -0.05) is 13.8 Å². The Kier molecular flexibility index (Phi) is 4.41. The molecule has 4 nitrogen and oxygen atoms in total. The van der Waals surface area contributed by atoms with Gasteiger partial charge in [-0.2, -0.15) is 5.26 Å². The molecule has 0 fully saturated rings. The van der Waals surface area contributed by atoms with Gasteiger partial charge >= 0.3 is 0 Å². The lowest BCUT2D eigenvalue weighted by Crippen LogP contribution is -1.99. The number of nitriles is 1. The van der Waals surface area contributed by atoms with E-state index in [1.807, 2.05) is 19.9 Å². The summed E-state index contributed by atoms with van der Waals surface area (Å²) in [5, 5.41) is 17.5. The maximum absolute atomic E-state index is 8.78. The molecule has 17 heavy (non-hydrogen) atoms. The Morgan fingerprint density at radius 3 is 2.65 bits per heavy atom. The zero-order chi connectivity index (χ0) is 12.8. The normalized spacial score (nSPS) is 11.1. The van der Waals surface area contributed by atoms with E-state index in [1.165, 1.54) is 0 Å². The van der Waals surface area contributed by atoms with Crippen LogP contribution in [0.25, 0.3) is 0 Å². The highest BCUT2D eigenvalue weighted by atomic mass is 16.5. The summed E-state index contributed by atoms with van der Waals surface area (Å²) in [6.07, 6.45) is 0.647. The molecule has 0 aliphatic carbocycles. The molecule has 0 amide bonds. The molecule has 0 unspecified atom stereocenters. The SMILES string of the molecule is COc1ccc(O/C(C#N)=C\O)c(C(C)C)c1. The van der Waals surface area contributed by atoms with E-state index in [-0.39, 0.29) is 11.7 Å². The minimum Gasteiger partial charge on any atom is -0.511 e. The number of rotatable bonds is 4. The summed E-state index contributed by atoms with van der Waals surface area (Å²) in [6, 6.07) is 7.07. The second kappa shape index (κ2) is 5.80. The lowest BCUT2D eigenvalue weighted by molar-refractivity contribution is 0.384. The smallest absolute Gasteiger partial charge is 0.237 e. The summed E-state index contributed by atoms with van der Waals surface area (Å²) in [5.74, 6) is 1.35. The fraction of sp³-hybridized carbons (Fsp3) is 0.308. The number of nitrogens with zero attached hydrogens (tertiary/aromatic N) is 1. The molecule has 0 radical (unpaired) electrons. The fourth-order valence-electron chi connectivity index (χ4n) is 1.39. The van der Waals surface area contributed by atoms with Crippen LogP contribution in [0, 0.1) is 11.3 Å². The van der Waals surface area contributed by atoms with E-state index in [9.17, 15) is 0 Å². The van der Waals surface area contributed by atoms with Crippen LogP contribution in [0.1, 0.15) is 25.3 Å². The maximum Gasteiger partial charge on any atom is 0.237 e. The third kappa shape index (κ3) is 3.15. The van der Waals surface area contributed by atoms with Crippen molar-refractivity contribution >= 4 is 0 Å². The van der Waals surface area contributed by atoms with Crippen LogP contribution in [-0.4, -0.2) is 12.2 Å². The van der Waals surface area contributed by atoms with Crippen LogP contribution in [0.15, 0.2) is 30.2 Å². The summed E-state index contributed by atoms with van der Waals surface area (Å²) < 4.78 is 10.4. The van der Waals surface area contributed by atoms with Crippen LogP contribution >= 0.6 is 0 Å². The van der Waals surface area contributed by atoms with Gasteiger partial charge in [0.1, 0.15) is 23.8 Å². The van der Waals surface area contributed by atoms with Gasteiger partial charge in [0, 0.05) is 5.56 Å². The maximum atomic E-state index is 8.78. The summed E-state index contributed by atoms with van der Waals surface area (Å²) >= 11 is 0. The predicted octanol–water partition coefficient (Wildman–Crippen LogP) is 3.12. The van der Waals surface area contributed by atoms with Crippen LogP contribution in [0.2, 0.25) is 0 Å². The molecule has 0 heterocycles. The van der Waals surface area contributed by atoms with Gasteiger partial charge in [-0.15, -0.1) is 0 Å². The molecule has 1 rings (SSSR count). The number of aliphatic hydroxyl groups is 1. The van der Waals surface area contributed by atoms with Crippen molar-refractivity contribution in [1.82, 2.24) is 0 Å². The third-order valence-electron chi connectivity index (χ3n) is 2.29. The average Bonchev–Trinajstić information content (AvgIpc) is 2.35. The number of allylic oxidation sites excluding steroid dienone is 1. The highest BCUT2D eigenvalue weighted by Gasteiger charge is 2.11. The van der Waals surface area contributed by atoms with Gasteiger partial charge in [-0.05, 0) is 24.1 Å². The Bertz CT molecular complexity index is 458. The first kappa shape index (κ1) is 12.9. The van der Waals surface area contributed by atoms with Crippen LogP contribution in [0.3, 0.4) is 0 Å². The van der Waals surface area contributed by atoms with Crippen molar-refractivity contribution < 1.29 is 14.6 Å². The van der Waals surface area contributed by atoms with Crippen molar-refractivity contribution in [3.63, 3.8) is 0 Å². The fourth-order valence-corrected chi connectivity index (χ4v) is 1.39. The molecule has 4 heteroatoms. The third-order valence-corrected chi connectivity index (χ3v) is 2.29. The monoisotopic (exact) mass is 233 g/mol. The molecule has 0 bridgehead atoms. The Labute approximate surface area is 101 Å². The minimum absolute atomic E-state index is 0.142. The van der Waals surface area contributed by atoms with E-state index in [4.69, 9.17) is 19.8 Å². The van der Waals surface area contributed by atoms with Gasteiger partial charge in [0.25, 0.3) is 0 Å². The molecule has 1 aromatic carbocycles. The highest BCUT2D eigenvalue weighted by molar-refractivity contribution is 5.43. The van der Waals surface area contributed by atoms with Crippen molar-refractivity contribution in [1.29, 1.82) is 5.26 Å². The average molecular weight is 233 g/mol. The second-order valence-corrected chi connectivity index (χ2v) is 3.77. The van der Waals surface area contributed by atoms with Gasteiger partial charge in [0.05, 0.1) is 7.11 Å². The Balaban J connectivity index is 3.11. The molecule has 0 spiro atoms. The van der Waals surface area contributed by atoms with Crippen molar-refractivity contribution in [2.45, 2.75) is 19.8 Å². The van der Waals surface area contributed by atoms with E-state index < -0.39 is 0 Å². The summed E-state index contributed by atoms with van der Waals surface area (Å²) in [7, 11) is 1.59. The first-order valence-electron chi connectivity index (χ1n) is 5.22. The Morgan fingerprint density at radius 2 is 2.18 bits per heavy atom. The van der Waals surface area contributed by atoms with Crippen molar-refractivity contribution in [3.05, 3.63) is 35.8 Å². The molecule has 0 aromatic heterocycles. The topological polar surface area (TPSA) is 62.5 Å². The van der Waals surface area contributed by atoms with Crippen molar-refractivity contribution in [3.8, 4) is 17.6 Å². The van der Waals surface area contributed by atoms with E-state index in [0.29, 0.717) is 12.0 Å². The van der Waals surface area contributed by atoms with E-state index in [1.54, 1.807) is 25.3 Å². The molecule has 0 aliphatic heterocycles. The molecule has 0 saturated heterocycles. The van der Waals surface area contributed by atoms with Gasteiger partial charge in [-0.25, -0.2) is 0 Å². The zero-order valence-corrected chi connectivity index (χ0v) is 10.1. The van der Waals surface area contributed by atoms with Crippen molar-refractivity contribution in [2.24, 2.45) is 0 Å². The number of ether oxygens (including phenoxy) is 2. The molecular weight excluding hydrogens is 218 g/mol. The number of hydrogen-bond acceptors (Lipinski definition) is 4. The summed E-state index contributed by atoms with van der Waals surface area (Å²) in [5.41, 5.74) is 0.916. The quantitative estimate of drug-likeness (QED) is 0.641. The zero-order valence-electron chi connectivity index (χ0n) is 10.1.